The summed E-state index contributed by atoms with van der Waals surface area (Å²) >= 11 is 0. The van der Waals surface area contributed by atoms with Gasteiger partial charge < -0.3 is 15.6 Å². The number of halogens is 3. The van der Waals surface area contributed by atoms with E-state index < -0.39 is 28.9 Å². The highest BCUT2D eigenvalue weighted by Crippen LogP contribution is 2.37. The Kier molecular flexibility index (Phi) is 6.64. The van der Waals surface area contributed by atoms with Crippen LogP contribution in [0.5, 0.6) is 0 Å². The highest BCUT2D eigenvalue weighted by molar-refractivity contribution is 5.93. The number of benzene rings is 2. The monoisotopic (exact) mass is 521 g/mol. The standard InChI is InChI=1S/C28H26F3N5O2/c1-27(36-21-14-23(28(29,30)31)33-20-12-6-5-11-19(20)21)13-7-10-18(16-27)32-26(38)22-15-24(37)35-25(34-22)17-8-3-2-4-9-17/h2-6,8-9,11-12,14-15,18H,7,10,13,16H2,1H3,(H,32,38)(H,33,36)(H,34,35,37)/t18-,27-/m1/s1. The first-order valence-electron chi connectivity index (χ1n) is 12.3. The first kappa shape index (κ1) is 25.4. The lowest BCUT2D eigenvalue weighted by atomic mass is 9.80. The van der Waals surface area contributed by atoms with Crippen LogP contribution in [0, 0.1) is 0 Å². The zero-order valence-electron chi connectivity index (χ0n) is 20.6. The average Bonchev–Trinajstić information content (AvgIpc) is 2.88. The Labute approximate surface area is 216 Å². The fourth-order valence-corrected chi connectivity index (χ4v) is 5.04. The summed E-state index contributed by atoms with van der Waals surface area (Å²) in [5, 5.41) is 6.89. The van der Waals surface area contributed by atoms with Crippen LogP contribution < -0.4 is 16.2 Å². The molecule has 2 atom stereocenters. The summed E-state index contributed by atoms with van der Waals surface area (Å²) in [5.41, 5.74) is -0.703. The quantitative estimate of drug-likeness (QED) is 0.320. The van der Waals surface area contributed by atoms with Gasteiger partial charge in [-0.1, -0.05) is 48.5 Å². The first-order valence-corrected chi connectivity index (χ1v) is 12.3. The van der Waals surface area contributed by atoms with Crippen LogP contribution in [-0.2, 0) is 6.18 Å². The lowest BCUT2D eigenvalue weighted by Crippen LogP contribution is -2.48. The van der Waals surface area contributed by atoms with E-state index in [0.29, 0.717) is 41.7 Å². The summed E-state index contributed by atoms with van der Waals surface area (Å²) < 4.78 is 40.6. The van der Waals surface area contributed by atoms with Crippen molar-refractivity contribution in [2.24, 2.45) is 0 Å². The predicted molar refractivity (Wildman–Crippen MR) is 139 cm³/mol. The van der Waals surface area contributed by atoms with Crippen molar-refractivity contribution in [1.82, 2.24) is 20.3 Å². The minimum atomic E-state index is -4.58. The number of hydrogen-bond donors (Lipinski definition) is 3. The average molecular weight is 522 g/mol. The fraction of sp³-hybridized carbons (Fsp3) is 0.286. The molecule has 2 aromatic carbocycles. The molecule has 1 amide bonds. The highest BCUT2D eigenvalue weighted by Gasteiger charge is 2.36. The summed E-state index contributed by atoms with van der Waals surface area (Å²) in [6.45, 7) is 1.94. The van der Waals surface area contributed by atoms with Crippen molar-refractivity contribution in [2.45, 2.75) is 50.4 Å². The maximum Gasteiger partial charge on any atom is 0.433 e. The smallest absolute Gasteiger partial charge is 0.379 e. The van der Waals surface area contributed by atoms with E-state index in [1.165, 1.54) is 0 Å². The van der Waals surface area contributed by atoms with Crippen molar-refractivity contribution in [3.8, 4) is 11.4 Å². The minimum Gasteiger partial charge on any atom is -0.379 e. The van der Waals surface area contributed by atoms with E-state index in [0.717, 1.165) is 18.6 Å². The van der Waals surface area contributed by atoms with Crippen LogP contribution in [0.4, 0.5) is 18.9 Å². The summed E-state index contributed by atoms with van der Waals surface area (Å²) in [6.07, 6.45) is -1.95. The van der Waals surface area contributed by atoms with Crippen LogP contribution in [0.15, 0.2) is 71.5 Å². The summed E-state index contributed by atoms with van der Waals surface area (Å²) in [5.74, 6) is -0.181. The number of H-pyrrole nitrogens is 1. The van der Waals surface area contributed by atoms with E-state index in [4.69, 9.17) is 0 Å². The van der Waals surface area contributed by atoms with Gasteiger partial charge in [0.05, 0.1) is 5.52 Å². The first-order chi connectivity index (χ1) is 18.1. The van der Waals surface area contributed by atoms with Gasteiger partial charge in [0.1, 0.15) is 17.2 Å². The predicted octanol–water partition coefficient (Wildman–Crippen LogP) is 5.55. The SMILES string of the molecule is C[C@@]1(Nc2cc(C(F)(F)F)nc3ccccc23)CCC[C@@H](NC(=O)c2cc(=O)[nH]c(-c3ccccc3)n2)C1. The number of aromatic amines is 1. The molecular weight excluding hydrogens is 495 g/mol. The van der Waals surface area contributed by atoms with Gasteiger partial charge in [0.25, 0.3) is 11.5 Å². The zero-order valence-corrected chi connectivity index (χ0v) is 20.6. The van der Waals surface area contributed by atoms with Gasteiger partial charge in [0, 0.05) is 34.3 Å². The van der Waals surface area contributed by atoms with Crippen LogP contribution in [0.2, 0.25) is 0 Å². The number of hydrogen-bond acceptors (Lipinski definition) is 5. The lowest BCUT2D eigenvalue weighted by molar-refractivity contribution is -0.140. The topological polar surface area (TPSA) is 99.8 Å². The molecule has 10 heteroatoms. The molecule has 2 aromatic heterocycles. The van der Waals surface area contributed by atoms with Gasteiger partial charge >= 0.3 is 6.18 Å². The third-order valence-electron chi connectivity index (χ3n) is 6.78. The molecule has 2 heterocycles. The van der Waals surface area contributed by atoms with Gasteiger partial charge in [-0.3, -0.25) is 9.59 Å². The van der Waals surface area contributed by atoms with E-state index in [9.17, 15) is 22.8 Å². The maximum absolute atomic E-state index is 13.5. The number of carbonyl (C=O) groups is 1. The van der Waals surface area contributed by atoms with Crippen LogP contribution >= 0.6 is 0 Å². The molecule has 38 heavy (non-hydrogen) atoms. The molecule has 1 aliphatic rings. The van der Waals surface area contributed by atoms with Gasteiger partial charge in [0.2, 0.25) is 0 Å². The minimum absolute atomic E-state index is 0.00258. The van der Waals surface area contributed by atoms with Crippen LogP contribution in [0.25, 0.3) is 22.3 Å². The summed E-state index contributed by atoms with van der Waals surface area (Å²) in [4.78, 5) is 36.1. The Bertz CT molecular complexity index is 1540. The number of para-hydroxylation sites is 1. The van der Waals surface area contributed by atoms with E-state index in [2.05, 4.69) is 25.6 Å². The second-order valence-electron chi connectivity index (χ2n) is 9.87. The molecule has 1 saturated carbocycles. The number of fused-ring (bicyclic) bond motifs is 1. The molecule has 0 bridgehead atoms. The van der Waals surface area contributed by atoms with E-state index in [-0.39, 0.29) is 17.3 Å². The molecule has 0 unspecified atom stereocenters. The largest absolute Gasteiger partial charge is 0.433 e. The Balaban J connectivity index is 1.36. The number of carbonyl (C=O) groups excluding carboxylic acids is 1. The van der Waals surface area contributed by atoms with Crippen molar-refractivity contribution in [3.63, 3.8) is 0 Å². The molecule has 3 N–H and O–H groups in total. The van der Waals surface area contributed by atoms with Crippen molar-refractivity contribution in [3.05, 3.63) is 88.5 Å². The molecule has 0 saturated heterocycles. The zero-order chi connectivity index (χ0) is 26.9. The Morgan fingerprint density at radius 3 is 2.55 bits per heavy atom. The van der Waals surface area contributed by atoms with Crippen LogP contribution in [-0.4, -0.2) is 32.4 Å². The Hall–Kier alpha value is -4.21. The molecule has 0 radical (unpaired) electrons. The van der Waals surface area contributed by atoms with Crippen LogP contribution in [0.1, 0.15) is 48.8 Å². The second-order valence-corrected chi connectivity index (χ2v) is 9.87. The molecule has 196 valence electrons. The molecule has 4 aromatic rings. The number of aromatic nitrogens is 3. The number of pyridine rings is 1. The van der Waals surface area contributed by atoms with Gasteiger partial charge in [-0.05, 0) is 44.7 Å². The third-order valence-corrected chi connectivity index (χ3v) is 6.78. The number of alkyl halides is 3. The molecule has 7 nitrogen and oxygen atoms in total. The highest BCUT2D eigenvalue weighted by atomic mass is 19.4. The summed E-state index contributed by atoms with van der Waals surface area (Å²) in [6, 6.07) is 17.7. The normalized spacial score (nSPS) is 19.7. The third kappa shape index (κ3) is 5.53. The molecule has 1 aliphatic carbocycles. The fourth-order valence-electron chi connectivity index (χ4n) is 5.04. The van der Waals surface area contributed by atoms with E-state index >= 15 is 0 Å². The Morgan fingerprint density at radius 2 is 1.79 bits per heavy atom. The van der Waals surface area contributed by atoms with Crippen molar-refractivity contribution in [1.29, 1.82) is 0 Å². The van der Waals surface area contributed by atoms with Crippen LogP contribution in [0.3, 0.4) is 0 Å². The Morgan fingerprint density at radius 1 is 1.05 bits per heavy atom. The molecular formula is C28H26F3N5O2. The van der Waals surface area contributed by atoms with Crippen molar-refractivity contribution >= 4 is 22.5 Å². The number of anilines is 1. The number of rotatable bonds is 5. The number of nitrogens with zero attached hydrogens (tertiary/aromatic N) is 2. The van der Waals surface area contributed by atoms with Crippen molar-refractivity contribution in [2.75, 3.05) is 5.32 Å². The van der Waals surface area contributed by atoms with Gasteiger partial charge in [0.15, 0.2) is 0 Å². The molecule has 5 rings (SSSR count). The lowest BCUT2D eigenvalue weighted by Gasteiger charge is -2.40. The van der Waals surface area contributed by atoms with Gasteiger partial charge in [-0.2, -0.15) is 13.2 Å². The second kappa shape index (κ2) is 9.92. The molecule has 0 spiro atoms. The number of nitrogens with one attached hydrogen (secondary N) is 3. The van der Waals surface area contributed by atoms with Gasteiger partial charge in [-0.25, -0.2) is 9.97 Å². The van der Waals surface area contributed by atoms with Gasteiger partial charge in [-0.15, -0.1) is 0 Å². The maximum atomic E-state index is 13.5. The summed E-state index contributed by atoms with van der Waals surface area (Å²) in [7, 11) is 0. The molecule has 0 aliphatic heterocycles. The number of amides is 1. The van der Waals surface area contributed by atoms with E-state index in [1.54, 1.807) is 36.4 Å². The van der Waals surface area contributed by atoms with Crippen molar-refractivity contribution < 1.29 is 18.0 Å². The van der Waals surface area contributed by atoms with E-state index in [1.807, 2.05) is 25.1 Å². The molecule has 1 fully saturated rings.